The molecule has 0 atom stereocenters. The predicted octanol–water partition coefficient (Wildman–Crippen LogP) is 2.73. The Bertz CT molecular complexity index is 382. The third-order valence-corrected chi connectivity index (χ3v) is 3.15. The summed E-state index contributed by atoms with van der Waals surface area (Å²) < 4.78 is 5.28. The molecular formula is C14H22N2OS. The predicted molar refractivity (Wildman–Crippen MR) is 81.3 cm³/mol. The van der Waals surface area contributed by atoms with Crippen molar-refractivity contribution < 1.29 is 4.74 Å². The highest BCUT2D eigenvalue weighted by Crippen LogP contribution is 2.17. The van der Waals surface area contributed by atoms with Crippen molar-refractivity contribution >= 4 is 23.0 Å². The molecule has 0 heterocycles. The molecule has 1 N–H and O–H groups in total. The number of benzene rings is 1. The largest absolute Gasteiger partial charge is 0.382 e. The molecular weight excluding hydrogens is 244 g/mol. The van der Waals surface area contributed by atoms with Crippen LogP contribution in [-0.2, 0) is 4.74 Å². The van der Waals surface area contributed by atoms with Crippen LogP contribution in [0.15, 0.2) is 24.3 Å². The summed E-state index contributed by atoms with van der Waals surface area (Å²) in [5.41, 5.74) is 2.36. The van der Waals surface area contributed by atoms with Crippen molar-refractivity contribution in [2.24, 2.45) is 0 Å². The number of nitrogens with zero attached hydrogens (tertiary/aromatic N) is 1. The fraction of sp³-hybridized carbons (Fsp3) is 0.500. The smallest absolute Gasteiger partial charge is 0.173 e. The summed E-state index contributed by atoms with van der Waals surface area (Å²) in [7, 11) is 1.99. The van der Waals surface area contributed by atoms with Crippen LogP contribution in [0.3, 0.4) is 0 Å². The van der Waals surface area contributed by atoms with Gasteiger partial charge in [-0.05, 0) is 44.1 Å². The van der Waals surface area contributed by atoms with E-state index in [1.807, 2.05) is 31.0 Å². The van der Waals surface area contributed by atoms with Gasteiger partial charge in [0, 0.05) is 32.5 Å². The Morgan fingerprint density at radius 1 is 1.39 bits per heavy atom. The van der Waals surface area contributed by atoms with Gasteiger partial charge >= 0.3 is 0 Å². The number of nitrogens with one attached hydrogen (secondary N) is 1. The zero-order chi connectivity index (χ0) is 13.4. The molecule has 0 unspecified atom stereocenters. The lowest BCUT2D eigenvalue weighted by atomic mass is 10.2. The highest BCUT2D eigenvalue weighted by molar-refractivity contribution is 7.80. The molecule has 1 aromatic carbocycles. The standard InChI is InChI=1S/C14H22N2OS/c1-4-17-11-7-10-15-14(18)16(3)13-9-6-5-8-12(13)2/h5-6,8-9H,4,7,10-11H2,1-3H3,(H,15,18). The highest BCUT2D eigenvalue weighted by atomic mass is 32.1. The molecule has 1 aromatic rings. The van der Waals surface area contributed by atoms with E-state index in [0.717, 1.165) is 37.0 Å². The molecule has 4 heteroatoms. The van der Waals surface area contributed by atoms with Gasteiger partial charge in [-0.3, -0.25) is 0 Å². The summed E-state index contributed by atoms with van der Waals surface area (Å²) in [6, 6.07) is 8.22. The lowest BCUT2D eigenvalue weighted by molar-refractivity contribution is 0.146. The number of hydrogen-bond acceptors (Lipinski definition) is 2. The average Bonchev–Trinajstić information content (AvgIpc) is 2.38. The molecule has 0 saturated heterocycles. The van der Waals surface area contributed by atoms with Crippen molar-refractivity contribution in [2.45, 2.75) is 20.3 Å². The van der Waals surface area contributed by atoms with Crippen molar-refractivity contribution in [1.29, 1.82) is 0 Å². The molecule has 18 heavy (non-hydrogen) atoms. The quantitative estimate of drug-likeness (QED) is 0.632. The van der Waals surface area contributed by atoms with E-state index in [9.17, 15) is 0 Å². The summed E-state index contributed by atoms with van der Waals surface area (Å²) in [5, 5.41) is 4.00. The Morgan fingerprint density at radius 2 is 2.11 bits per heavy atom. The van der Waals surface area contributed by atoms with Crippen LogP contribution in [0.1, 0.15) is 18.9 Å². The van der Waals surface area contributed by atoms with Crippen LogP contribution in [0, 0.1) is 6.92 Å². The maximum Gasteiger partial charge on any atom is 0.173 e. The summed E-state index contributed by atoms with van der Waals surface area (Å²) in [5.74, 6) is 0. The Morgan fingerprint density at radius 3 is 2.78 bits per heavy atom. The molecule has 3 nitrogen and oxygen atoms in total. The Kier molecular flexibility index (Phi) is 6.68. The number of ether oxygens (including phenoxy) is 1. The van der Waals surface area contributed by atoms with Crippen LogP contribution in [0.4, 0.5) is 5.69 Å². The molecule has 0 bridgehead atoms. The Balaban J connectivity index is 2.40. The van der Waals surface area contributed by atoms with E-state index >= 15 is 0 Å². The maximum absolute atomic E-state index is 5.37. The van der Waals surface area contributed by atoms with Crippen LogP contribution in [0.2, 0.25) is 0 Å². The molecule has 0 aromatic heterocycles. The van der Waals surface area contributed by atoms with Gasteiger partial charge in [0.1, 0.15) is 0 Å². The summed E-state index contributed by atoms with van der Waals surface area (Å²) >= 11 is 5.37. The van der Waals surface area contributed by atoms with Crippen molar-refractivity contribution in [3.63, 3.8) is 0 Å². The van der Waals surface area contributed by atoms with Gasteiger partial charge in [-0.1, -0.05) is 18.2 Å². The number of anilines is 1. The summed E-state index contributed by atoms with van der Waals surface area (Å²) in [4.78, 5) is 2.01. The molecule has 0 saturated carbocycles. The van der Waals surface area contributed by atoms with Crippen LogP contribution in [-0.4, -0.2) is 31.9 Å². The van der Waals surface area contributed by atoms with E-state index in [1.165, 1.54) is 5.56 Å². The lowest BCUT2D eigenvalue weighted by Crippen LogP contribution is -2.38. The molecule has 0 aliphatic heterocycles. The van der Waals surface area contributed by atoms with E-state index in [0.29, 0.717) is 0 Å². The fourth-order valence-electron chi connectivity index (χ4n) is 1.68. The highest BCUT2D eigenvalue weighted by Gasteiger charge is 2.07. The number of para-hydroxylation sites is 1. The van der Waals surface area contributed by atoms with Gasteiger partial charge < -0.3 is 15.0 Å². The molecule has 1 rings (SSSR count). The first-order valence-corrected chi connectivity index (χ1v) is 6.72. The zero-order valence-electron chi connectivity index (χ0n) is 11.4. The second kappa shape index (κ2) is 8.06. The first-order valence-electron chi connectivity index (χ1n) is 6.31. The van der Waals surface area contributed by atoms with Gasteiger partial charge in [-0.15, -0.1) is 0 Å². The van der Waals surface area contributed by atoms with Gasteiger partial charge in [-0.25, -0.2) is 0 Å². The minimum Gasteiger partial charge on any atom is -0.382 e. The average molecular weight is 266 g/mol. The van der Waals surface area contributed by atoms with Crippen molar-refractivity contribution in [2.75, 3.05) is 31.7 Å². The van der Waals surface area contributed by atoms with Gasteiger partial charge in [0.25, 0.3) is 0 Å². The molecule has 0 fully saturated rings. The minimum absolute atomic E-state index is 0.751. The van der Waals surface area contributed by atoms with Crippen molar-refractivity contribution in [3.05, 3.63) is 29.8 Å². The molecule has 0 amide bonds. The fourth-order valence-corrected chi connectivity index (χ4v) is 1.88. The van der Waals surface area contributed by atoms with Crippen LogP contribution in [0.5, 0.6) is 0 Å². The van der Waals surface area contributed by atoms with Crippen molar-refractivity contribution in [3.8, 4) is 0 Å². The topological polar surface area (TPSA) is 24.5 Å². The number of rotatable bonds is 6. The van der Waals surface area contributed by atoms with Gasteiger partial charge in [0.2, 0.25) is 0 Å². The van der Waals surface area contributed by atoms with Crippen LogP contribution >= 0.6 is 12.2 Å². The second-order valence-electron chi connectivity index (χ2n) is 4.13. The summed E-state index contributed by atoms with van der Waals surface area (Å²) in [6.45, 7) is 6.48. The first kappa shape index (κ1) is 14.9. The third kappa shape index (κ3) is 4.63. The Labute approximate surface area is 115 Å². The number of aryl methyl sites for hydroxylation is 1. The minimum atomic E-state index is 0.751. The monoisotopic (exact) mass is 266 g/mol. The second-order valence-corrected chi connectivity index (χ2v) is 4.51. The molecule has 0 aliphatic rings. The van der Waals surface area contributed by atoms with Crippen molar-refractivity contribution in [1.82, 2.24) is 5.32 Å². The lowest BCUT2D eigenvalue weighted by Gasteiger charge is -2.22. The molecule has 0 spiro atoms. The normalized spacial score (nSPS) is 10.2. The number of hydrogen-bond donors (Lipinski definition) is 1. The molecule has 0 radical (unpaired) electrons. The SMILES string of the molecule is CCOCCCNC(=S)N(C)c1ccccc1C. The number of thiocarbonyl (C=S) groups is 1. The van der Waals surface area contributed by atoms with E-state index in [-0.39, 0.29) is 0 Å². The van der Waals surface area contributed by atoms with Crippen LogP contribution < -0.4 is 10.2 Å². The van der Waals surface area contributed by atoms with E-state index < -0.39 is 0 Å². The molecule has 100 valence electrons. The van der Waals surface area contributed by atoms with Gasteiger partial charge in [0.15, 0.2) is 5.11 Å². The van der Waals surface area contributed by atoms with Gasteiger partial charge in [-0.2, -0.15) is 0 Å². The maximum atomic E-state index is 5.37. The summed E-state index contributed by atoms with van der Waals surface area (Å²) in [6.07, 6.45) is 0.968. The third-order valence-electron chi connectivity index (χ3n) is 2.73. The van der Waals surface area contributed by atoms with E-state index in [4.69, 9.17) is 17.0 Å². The van der Waals surface area contributed by atoms with Gasteiger partial charge in [0.05, 0.1) is 0 Å². The van der Waals surface area contributed by atoms with E-state index in [1.54, 1.807) is 0 Å². The Hall–Kier alpha value is -1.13. The van der Waals surface area contributed by atoms with Crippen LogP contribution in [0.25, 0.3) is 0 Å². The molecule has 0 aliphatic carbocycles. The zero-order valence-corrected chi connectivity index (χ0v) is 12.2. The first-order chi connectivity index (χ1) is 8.66. The van der Waals surface area contributed by atoms with E-state index in [2.05, 4.69) is 24.4 Å².